The number of methoxy groups -OCH3 is 1. The maximum Gasteiger partial charge on any atom is 0.221 e. The average molecular weight is 340 g/mol. The SMILES string of the molecule is COc1ccc([C@@H](C)N[C@@H](C)c2cccc(C)c2C)cc1NC(C)=O. The molecule has 4 heteroatoms. The molecule has 2 aromatic rings. The fourth-order valence-electron chi connectivity index (χ4n) is 3.09. The Kier molecular flexibility index (Phi) is 6.21. The van der Waals surface area contributed by atoms with E-state index >= 15 is 0 Å². The van der Waals surface area contributed by atoms with Gasteiger partial charge in [-0.3, -0.25) is 4.79 Å². The normalized spacial score (nSPS) is 13.2. The number of carbonyl (C=O) groups excluding carboxylic acids is 1. The van der Waals surface area contributed by atoms with Gasteiger partial charge in [-0.25, -0.2) is 0 Å². The lowest BCUT2D eigenvalue weighted by Gasteiger charge is -2.23. The van der Waals surface area contributed by atoms with Crippen LogP contribution < -0.4 is 15.4 Å². The van der Waals surface area contributed by atoms with Crippen LogP contribution in [0.4, 0.5) is 5.69 Å². The van der Waals surface area contributed by atoms with Gasteiger partial charge in [-0.15, -0.1) is 0 Å². The van der Waals surface area contributed by atoms with Gasteiger partial charge in [0.1, 0.15) is 5.75 Å². The van der Waals surface area contributed by atoms with Crippen molar-refractivity contribution in [2.24, 2.45) is 0 Å². The number of hydrogen-bond donors (Lipinski definition) is 2. The molecule has 0 aliphatic heterocycles. The highest BCUT2D eigenvalue weighted by Crippen LogP contribution is 2.29. The lowest BCUT2D eigenvalue weighted by atomic mass is 9.97. The summed E-state index contributed by atoms with van der Waals surface area (Å²) in [5.41, 5.74) is 5.73. The lowest BCUT2D eigenvalue weighted by Crippen LogP contribution is -2.23. The number of carbonyl (C=O) groups is 1. The zero-order chi connectivity index (χ0) is 18.6. The molecular weight excluding hydrogens is 312 g/mol. The van der Waals surface area contributed by atoms with Gasteiger partial charge < -0.3 is 15.4 Å². The Balaban J connectivity index is 2.21. The predicted molar refractivity (Wildman–Crippen MR) is 103 cm³/mol. The molecule has 1 amide bonds. The summed E-state index contributed by atoms with van der Waals surface area (Å²) in [6.45, 7) is 10.1. The summed E-state index contributed by atoms with van der Waals surface area (Å²) in [4.78, 5) is 11.4. The van der Waals surface area contributed by atoms with E-state index < -0.39 is 0 Å². The number of rotatable bonds is 6. The van der Waals surface area contributed by atoms with E-state index in [9.17, 15) is 4.79 Å². The summed E-state index contributed by atoms with van der Waals surface area (Å²) in [7, 11) is 1.60. The molecule has 25 heavy (non-hydrogen) atoms. The number of amides is 1. The molecule has 0 radical (unpaired) electrons. The zero-order valence-corrected chi connectivity index (χ0v) is 15.9. The van der Waals surface area contributed by atoms with Crippen molar-refractivity contribution in [1.29, 1.82) is 0 Å². The first kappa shape index (κ1) is 19.0. The van der Waals surface area contributed by atoms with Gasteiger partial charge in [0.15, 0.2) is 0 Å². The molecule has 0 aliphatic carbocycles. The Bertz CT molecular complexity index is 756. The Hall–Kier alpha value is -2.33. The molecule has 2 aromatic carbocycles. The molecule has 0 aromatic heterocycles. The first-order valence-corrected chi connectivity index (χ1v) is 8.61. The second-order valence-corrected chi connectivity index (χ2v) is 6.54. The average Bonchev–Trinajstić information content (AvgIpc) is 2.56. The van der Waals surface area contributed by atoms with Gasteiger partial charge in [0, 0.05) is 19.0 Å². The molecule has 2 atom stereocenters. The van der Waals surface area contributed by atoms with Gasteiger partial charge in [0.2, 0.25) is 5.91 Å². The van der Waals surface area contributed by atoms with Crippen LogP contribution in [-0.2, 0) is 4.79 Å². The molecule has 4 nitrogen and oxygen atoms in total. The Morgan fingerprint density at radius 2 is 1.80 bits per heavy atom. The minimum absolute atomic E-state index is 0.111. The van der Waals surface area contributed by atoms with Crippen LogP contribution in [0.25, 0.3) is 0 Å². The standard InChI is InChI=1S/C21H28N2O2/c1-13-8-7-9-19(14(13)2)16(4)22-15(3)18-10-11-21(25-6)20(12-18)23-17(5)24/h7-12,15-16,22H,1-6H3,(H,23,24)/t15-,16+/m1/s1. The van der Waals surface area contributed by atoms with Crippen LogP contribution in [0.5, 0.6) is 5.75 Å². The molecule has 2 rings (SSSR count). The van der Waals surface area contributed by atoms with E-state index in [0.717, 1.165) is 5.56 Å². The van der Waals surface area contributed by atoms with E-state index in [1.54, 1.807) is 7.11 Å². The van der Waals surface area contributed by atoms with Crippen molar-refractivity contribution < 1.29 is 9.53 Å². The van der Waals surface area contributed by atoms with Gasteiger partial charge in [0.05, 0.1) is 12.8 Å². The number of benzene rings is 2. The third-order valence-electron chi connectivity index (χ3n) is 4.65. The van der Waals surface area contributed by atoms with E-state index in [4.69, 9.17) is 4.74 Å². The van der Waals surface area contributed by atoms with Crippen LogP contribution in [0.1, 0.15) is 55.1 Å². The van der Waals surface area contributed by atoms with Gasteiger partial charge in [-0.05, 0) is 62.1 Å². The minimum atomic E-state index is -0.111. The van der Waals surface area contributed by atoms with E-state index in [1.165, 1.54) is 23.6 Å². The predicted octanol–water partition coefficient (Wildman–Crippen LogP) is 4.68. The van der Waals surface area contributed by atoms with Gasteiger partial charge >= 0.3 is 0 Å². The van der Waals surface area contributed by atoms with E-state index in [1.807, 2.05) is 18.2 Å². The van der Waals surface area contributed by atoms with Crippen molar-refractivity contribution >= 4 is 11.6 Å². The van der Waals surface area contributed by atoms with Crippen LogP contribution in [0, 0.1) is 13.8 Å². The fourth-order valence-corrected chi connectivity index (χ4v) is 3.09. The smallest absolute Gasteiger partial charge is 0.221 e. The van der Waals surface area contributed by atoms with Crippen molar-refractivity contribution in [3.8, 4) is 5.75 Å². The maximum atomic E-state index is 11.4. The first-order chi connectivity index (χ1) is 11.8. The fraction of sp³-hybridized carbons (Fsp3) is 0.381. The quantitative estimate of drug-likeness (QED) is 0.802. The van der Waals surface area contributed by atoms with E-state index in [0.29, 0.717) is 11.4 Å². The first-order valence-electron chi connectivity index (χ1n) is 8.61. The van der Waals surface area contributed by atoms with Crippen molar-refractivity contribution in [2.45, 2.75) is 46.7 Å². The third kappa shape index (κ3) is 4.60. The van der Waals surface area contributed by atoms with Gasteiger partial charge in [0.25, 0.3) is 0 Å². The highest BCUT2D eigenvalue weighted by molar-refractivity contribution is 5.90. The highest BCUT2D eigenvalue weighted by atomic mass is 16.5. The summed E-state index contributed by atoms with van der Waals surface area (Å²) < 4.78 is 5.33. The molecule has 0 bridgehead atoms. The van der Waals surface area contributed by atoms with Gasteiger partial charge in [-0.2, -0.15) is 0 Å². The second-order valence-electron chi connectivity index (χ2n) is 6.54. The molecule has 0 saturated carbocycles. The van der Waals surface area contributed by atoms with Crippen LogP contribution in [0.3, 0.4) is 0 Å². The Labute approximate surface area is 150 Å². The molecule has 134 valence electrons. The van der Waals surface area contributed by atoms with Crippen LogP contribution in [0.15, 0.2) is 36.4 Å². The molecule has 0 saturated heterocycles. The largest absolute Gasteiger partial charge is 0.495 e. The topological polar surface area (TPSA) is 50.4 Å². The van der Waals surface area contributed by atoms with Crippen LogP contribution >= 0.6 is 0 Å². The number of anilines is 1. The molecule has 0 heterocycles. The van der Waals surface area contributed by atoms with Crippen molar-refractivity contribution in [3.05, 3.63) is 58.7 Å². The minimum Gasteiger partial charge on any atom is -0.495 e. The lowest BCUT2D eigenvalue weighted by molar-refractivity contribution is -0.114. The van der Waals surface area contributed by atoms with Crippen molar-refractivity contribution in [3.63, 3.8) is 0 Å². The van der Waals surface area contributed by atoms with Crippen LogP contribution in [0.2, 0.25) is 0 Å². The monoisotopic (exact) mass is 340 g/mol. The zero-order valence-electron chi connectivity index (χ0n) is 15.9. The van der Waals surface area contributed by atoms with Crippen LogP contribution in [-0.4, -0.2) is 13.0 Å². The number of ether oxygens (including phenoxy) is 1. The molecule has 0 aliphatic rings. The Morgan fingerprint density at radius 1 is 1.08 bits per heavy atom. The number of aryl methyl sites for hydroxylation is 1. The second kappa shape index (κ2) is 8.17. The summed E-state index contributed by atoms with van der Waals surface area (Å²) in [6, 6.07) is 12.6. The highest BCUT2D eigenvalue weighted by Gasteiger charge is 2.15. The third-order valence-corrected chi connectivity index (χ3v) is 4.65. The molecule has 0 spiro atoms. The van der Waals surface area contributed by atoms with Gasteiger partial charge in [-0.1, -0.05) is 24.3 Å². The maximum absolute atomic E-state index is 11.4. The molecule has 0 unspecified atom stereocenters. The summed E-state index contributed by atoms with van der Waals surface area (Å²) in [5, 5.41) is 6.47. The Morgan fingerprint density at radius 3 is 2.44 bits per heavy atom. The molecule has 2 N–H and O–H groups in total. The molecule has 0 fully saturated rings. The summed E-state index contributed by atoms with van der Waals surface area (Å²) >= 11 is 0. The van der Waals surface area contributed by atoms with Crippen molar-refractivity contribution in [2.75, 3.05) is 12.4 Å². The number of hydrogen-bond acceptors (Lipinski definition) is 3. The van der Waals surface area contributed by atoms with E-state index in [-0.39, 0.29) is 18.0 Å². The molecular formula is C21H28N2O2. The summed E-state index contributed by atoms with van der Waals surface area (Å²) in [5.74, 6) is 0.550. The number of nitrogens with one attached hydrogen (secondary N) is 2. The van der Waals surface area contributed by atoms with E-state index in [2.05, 4.69) is 56.5 Å². The van der Waals surface area contributed by atoms with Crippen molar-refractivity contribution in [1.82, 2.24) is 5.32 Å². The summed E-state index contributed by atoms with van der Waals surface area (Å²) in [6.07, 6.45) is 0.